The lowest BCUT2D eigenvalue weighted by Crippen LogP contribution is -2.05. The maximum absolute atomic E-state index is 10.6. The minimum Gasteiger partial charge on any atom is -0.379 e. The smallest absolute Gasteiger partial charge is 0.129 e. The number of unbranched alkanes of at least 4 members (excludes halogenated alkanes) is 1. The average Bonchev–Trinajstić information content (AvgIpc) is 2.09. The highest BCUT2D eigenvalue weighted by atomic mass is 16.5. The quantitative estimate of drug-likeness (QED) is 0.517. The van der Waals surface area contributed by atoms with E-state index >= 15 is 0 Å². The third-order valence-electron chi connectivity index (χ3n) is 1.64. The Morgan fingerprint density at radius 2 is 1.77 bits per heavy atom. The zero-order valence-electron chi connectivity index (χ0n) is 8.67. The summed E-state index contributed by atoms with van der Waals surface area (Å²) in [5, 5.41) is 0. The van der Waals surface area contributed by atoms with Gasteiger partial charge in [0.15, 0.2) is 0 Å². The second kappa shape index (κ2) is 9.68. The summed E-state index contributed by atoms with van der Waals surface area (Å²) < 4.78 is 10.4. The predicted octanol–water partition coefficient (Wildman–Crippen LogP) is 1.80. The van der Waals surface area contributed by atoms with E-state index in [1.165, 1.54) is 0 Å². The fraction of sp³-hybridized carbons (Fsp3) is 0.900. The van der Waals surface area contributed by atoms with Crippen LogP contribution in [0.1, 0.15) is 33.1 Å². The van der Waals surface area contributed by atoms with Crippen molar-refractivity contribution in [2.75, 3.05) is 26.4 Å². The highest BCUT2D eigenvalue weighted by Crippen LogP contribution is 1.96. The Hall–Kier alpha value is -0.410. The Kier molecular flexibility index (Phi) is 9.37. The van der Waals surface area contributed by atoms with Gasteiger partial charge in [-0.05, 0) is 26.7 Å². The van der Waals surface area contributed by atoms with E-state index in [1.54, 1.807) is 6.92 Å². The number of ketones is 1. The van der Waals surface area contributed by atoms with Gasteiger partial charge in [0.2, 0.25) is 0 Å². The van der Waals surface area contributed by atoms with Crippen LogP contribution in [0.15, 0.2) is 0 Å². The number of rotatable bonds is 9. The molecule has 0 aromatic carbocycles. The van der Waals surface area contributed by atoms with Gasteiger partial charge in [-0.1, -0.05) is 0 Å². The summed E-state index contributed by atoms with van der Waals surface area (Å²) in [5.41, 5.74) is 0. The summed E-state index contributed by atoms with van der Waals surface area (Å²) in [7, 11) is 0. The Labute approximate surface area is 80.4 Å². The first-order chi connectivity index (χ1) is 6.27. The minimum atomic E-state index is 0.259. The first-order valence-electron chi connectivity index (χ1n) is 4.92. The van der Waals surface area contributed by atoms with E-state index in [2.05, 4.69) is 0 Å². The molecule has 0 aromatic heterocycles. The maximum Gasteiger partial charge on any atom is 0.129 e. The fourth-order valence-electron chi connectivity index (χ4n) is 0.942. The van der Waals surface area contributed by atoms with Gasteiger partial charge in [-0.25, -0.2) is 0 Å². The highest BCUT2D eigenvalue weighted by Gasteiger charge is 1.93. The van der Waals surface area contributed by atoms with Gasteiger partial charge in [0, 0.05) is 19.6 Å². The summed E-state index contributed by atoms with van der Waals surface area (Å²) in [6, 6.07) is 0. The van der Waals surface area contributed by atoms with E-state index in [9.17, 15) is 4.79 Å². The molecule has 0 fully saturated rings. The lowest BCUT2D eigenvalue weighted by atomic mass is 10.2. The monoisotopic (exact) mass is 188 g/mol. The van der Waals surface area contributed by atoms with Gasteiger partial charge < -0.3 is 14.3 Å². The number of carbonyl (C=O) groups excluding carboxylic acids is 1. The van der Waals surface area contributed by atoms with Crippen molar-refractivity contribution in [2.24, 2.45) is 0 Å². The Balaban J connectivity index is 2.87. The van der Waals surface area contributed by atoms with Gasteiger partial charge in [0.1, 0.15) is 5.78 Å². The zero-order chi connectivity index (χ0) is 9.94. The Morgan fingerprint density at radius 3 is 2.38 bits per heavy atom. The maximum atomic E-state index is 10.6. The topological polar surface area (TPSA) is 35.5 Å². The summed E-state index contributed by atoms with van der Waals surface area (Å²) in [5.74, 6) is 0.259. The van der Waals surface area contributed by atoms with E-state index in [1.807, 2.05) is 6.92 Å². The van der Waals surface area contributed by atoms with Crippen molar-refractivity contribution in [3.63, 3.8) is 0 Å². The van der Waals surface area contributed by atoms with Crippen molar-refractivity contribution in [1.29, 1.82) is 0 Å². The molecule has 78 valence electrons. The van der Waals surface area contributed by atoms with E-state index in [4.69, 9.17) is 9.47 Å². The van der Waals surface area contributed by atoms with E-state index in [0.717, 1.165) is 26.1 Å². The van der Waals surface area contributed by atoms with Gasteiger partial charge in [-0.2, -0.15) is 0 Å². The van der Waals surface area contributed by atoms with E-state index in [-0.39, 0.29) is 5.78 Å². The summed E-state index contributed by atoms with van der Waals surface area (Å²) in [4.78, 5) is 10.6. The molecule has 0 aliphatic carbocycles. The lowest BCUT2D eigenvalue weighted by molar-refractivity contribution is -0.117. The summed E-state index contributed by atoms with van der Waals surface area (Å²) in [6.45, 7) is 6.40. The van der Waals surface area contributed by atoms with Gasteiger partial charge in [0.25, 0.3) is 0 Å². The van der Waals surface area contributed by atoms with Crippen LogP contribution in [0, 0.1) is 0 Å². The van der Waals surface area contributed by atoms with Crippen LogP contribution in [0.4, 0.5) is 0 Å². The van der Waals surface area contributed by atoms with E-state index in [0.29, 0.717) is 19.6 Å². The SMILES string of the molecule is CCOCCOCCCCC(C)=O. The van der Waals surface area contributed by atoms with Crippen molar-refractivity contribution in [3.05, 3.63) is 0 Å². The standard InChI is InChI=1S/C10H20O3/c1-3-12-8-9-13-7-5-4-6-10(2)11/h3-9H2,1-2H3. The van der Waals surface area contributed by atoms with Crippen LogP contribution in [-0.2, 0) is 14.3 Å². The molecule has 0 amide bonds. The molecule has 0 aliphatic rings. The molecule has 0 N–H and O–H groups in total. The van der Waals surface area contributed by atoms with Crippen LogP contribution < -0.4 is 0 Å². The van der Waals surface area contributed by atoms with E-state index < -0.39 is 0 Å². The number of carbonyl (C=O) groups is 1. The second-order valence-electron chi connectivity index (χ2n) is 2.97. The summed E-state index contributed by atoms with van der Waals surface area (Å²) in [6.07, 6.45) is 2.57. The van der Waals surface area contributed by atoms with Crippen LogP contribution >= 0.6 is 0 Å². The number of Topliss-reactive ketones (excluding diaryl/α,β-unsaturated/α-hetero) is 1. The highest BCUT2D eigenvalue weighted by molar-refractivity contribution is 5.75. The molecule has 3 nitrogen and oxygen atoms in total. The molecule has 0 atom stereocenters. The van der Waals surface area contributed by atoms with Gasteiger partial charge >= 0.3 is 0 Å². The second-order valence-corrected chi connectivity index (χ2v) is 2.97. The Bertz CT molecular complexity index is 123. The molecule has 0 rings (SSSR count). The van der Waals surface area contributed by atoms with Crippen molar-refractivity contribution < 1.29 is 14.3 Å². The van der Waals surface area contributed by atoms with Gasteiger partial charge in [0.05, 0.1) is 13.2 Å². The molecular formula is C10H20O3. The molecule has 0 unspecified atom stereocenters. The van der Waals surface area contributed by atoms with Crippen molar-refractivity contribution in [2.45, 2.75) is 33.1 Å². The molecule has 0 radical (unpaired) electrons. The van der Waals surface area contributed by atoms with Crippen molar-refractivity contribution >= 4 is 5.78 Å². The van der Waals surface area contributed by atoms with Crippen molar-refractivity contribution in [1.82, 2.24) is 0 Å². The summed E-state index contributed by atoms with van der Waals surface area (Å²) >= 11 is 0. The minimum absolute atomic E-state index is 0.259. The molecule has 0 aliphatic heterocycles. The molecule has 13 heavy (non-hydrogen) atoms. The molecule has 3 heteroatoms. The van der Waals surface area contributed by atoms with Crippen LogP contribution in [0.2, 0.25) is 0 Å². The Morgan fingerprint density at radius 1 is 1.08 bits per heavy atom. The third-order valence-corrected chi connectivity index (χ3v) is 1.64. The normalized spacial score (nSPS) is 10.3. The number of hydrogen-bond donors (Lipinski definition) is 0. The van der Waals surface area contributed by atoms with Gasteiger partial charge in [-0.3, -0.25) is 0 Å². The fourth-order valence-corrected chi connectivity index (χ4v) is 0.942. The number of ether oxygens (including phenoxy) is 2. The van der Waals surface area contributed by atoms with Crippen molar-refractivity contribution in [3.8, 4) is 0 Å². The molecule has 0 bridgehead atoms. The predicted molar refractivity (Wildman–Crippen MR) is 51.8 cm³/mol. The molecule has 0 spiro atoms. The molecule has 0 aromatic rings. The van der Waals surface area contributed by atoms with Crippen LogP contribution in [0.25, 0.3) is 0 Å². The average molecular weight is 188 g/mol. The largest absolute Gasteiger partial charge is 0.379 e. The van der Waals surface area contributed by atoms with Crippen LogP contribution in [-0.4, -0.2) is 32.2 Å². The van der Waals surface area contributed by atoms with Crippen LogP contribution in [0.3, 0.4) is 0 Å². The first-order valence-corrected chi connectivity index (χ1v) is 4.92. The lowest BCUT2D eigenvalue weighted by Gasteiger charge is -2.03. The first kappa shape index (κ1) is 12.6. The van der Waals surface area contributed by atoms with Crippen LogP contribution in [0.5, 0.6) is 0 Å². The molecule has 0 saturated carbocycles. The molecule has 0 saturated heterocycles. The number of hydrogen-bond acceptors (Lipinski definition) is 3. The van der Waals surface area contributed by atoms with Gasteiger partial charge in [-0.15, -0.1) is 0 Å². The molecular weight excluding hydrogens is 168 g/mol. The molecule has 0 heterocycles. The zero-order valence-corrected chi connectivity index (χ0v) is 8.67. The third kappa shape index (κ3) is 11.6.